The molecular weight excluding hydrogens is 606 g/mol. The van der Waals surface area contributed by atoms with E-state index in [4.69, 9.17) is 11.6 Å². The first-order valence-electron chi connectivity index (χ1n) is 15.1. The van der Waals surface area contributed by atoms with E-state index in [0.29, 0.717) is 22.8 Å². The fraction of sp³-hybridized carbons (Fsp3) is 0.278. The number of carbonyl (C=O) groups is 2. The lowest BCUT2D eigenvalue weighted by atomic mass is 10.0. The summed E-state index contributed by atoms with van der Waals surface area (Å²) in [5, 5.41) is 3.35. The molecule has 1 atom stereocenters. The van der Waals surface area contributed by atoms with Crippen LogP contribution in [0, 0.1) is 13.8 Å². The van der Waals surface area contributed by atoms with Gasteiger partial charge in [0.2, 0.25) is 11.8 Å². The molecule has 45 heavy (non-hydrogen) atoms. The molecule has 4 aromatic rings. The Kier molecular flexibility index (Phi) is 11.8. The molecule has 7 nitrogen and oxygen atoms in total. The molecule has 4 rings (SSSR count). The monoisotopic (exact) mass is 645 g/mol. The Morgan fingerprint density at radius 3 is 2.13 bits per heavy atom. The van der Waals surface area contributed by atoms with Crippen LogP contribution in [-0.4, -0.2) is 44.3 Å². The lowest BCUT2D eigenvalue weighted by Crippen LogP contribution is -2.53. The first-order valence-corrected chi connectivity index (χ1v) is 16.9. The Labute approximate surface area is 271 Å². The standard InChI is InChI=1S/C36H40ClN3O4S/c1-4-5-22-38-36(42)34(23-29-12-8-6-9-13-29)39(25-30-19-16-27(2)17-20-30)35(41)26-40(33-24-31(37)21-18-28(33)3)45(43,44)32-14-10-7-11-15-32/h6-21,24,34H,4-5,22-23,25-26H2,1-3H3,(H,38,42)/t34-/m0/s1. The number of benzene rings is 4. The van der Waals surface area contributed by atoms with E-state index >= 15 is 0 Å². The molecule has 0 bridgehead atoms. The fourth-order valence-corrected chi connectivity index (χ4v) is 6.69. The summed E-state index contributed by atoms with van der Waals surface area (Å²) in [5.41, 5.74) is 3.70. The number of unbranched alkanes of at least 4 members (excludes halogenated alkanes) is 1. The minimum Gasteiger partial charge on any atom is -0.354 e. The van der Waals surface area contributed by atoms with E-state index < -0.39 is 28.5 Å². The normalized spacial score (nSPS) is 11.9. The maximum atomic E-state index is 14.5. The van der Waals surface area contributed by atoms with Crippen molar-refractivity contribution >= 4 is 39.1 Å². The Morgan fingerprint density at radius 2 is 1.49 bits per heavy atom. The molecule has 1 N–H and O–H groups in total. The lowest BCUT2D eigenvalue weighted by molar-refractivity contribution is -0.140. The van der Waals surface area contributed by atoms with Crippen LogP contribution in [0.5, 0.6) is 0 Å². The summed E-state index contributed by atoms with van der Waals surface area (Å²) in [4.78, 5) is 29.9. The molecule has 0 aliphatic rings. The number of anilines is 1. The predicted molar refractivity (Wildman–Crippen MR) is 181 cm³/mol. The molecule has 236 valence electrons. The van der Waals surface area contributed by atoms with Gasteiger partial charge in [0.15, 0.2) is 0 Å². The number of carbonyl (C=O) groups excluding carboxylic acids is 2. The van der Waals surface area contributed by atoms with E-state index in [0.717, 1.165) is 33.8 Å². The zero-order chi connectivity index (χ0) is 32.4. The number of nitrogens with one attached hydrogen (secondary N) is 1. The van der Waals surface area contributed by atoms with E-state index in [-0.39, 0.29) is 23.8 Å². The van der Waals surface area contributed by atoms with Gasteiger partial charge in [-0.05, 0) is 61.2 Å². The second-order valence-corrected chi connectivity index (χ2v) is 13.4. The van der Waals surface area contributed by atoms with Gasteiger partial charge in [0, 0.05) is 24.5 Å². The highest BCUT2D eigenvalue weighted by Crippen LogP contribution is 2.30. The van der Waals surface area contributed by atoms with Crippen LogP contribution in [0.15, 0.2) is 108 Å². The topological polar surface area (TPSA) is 86.8 Å². The van der Waals surface area contributed by atoms with Crippen LogP contribution < -0.4 is 9.62 Å². The molecule has 0 heterocycles. The van der Waals surface area contributed by atoms with Crippen molar-refractivity contribution in [2.75, 3.05) is 17.4 Å². The summed E-state index contributed by atoms with van der Waals surface area (Å²) >= 11 is 6.35. The Bertz CT molecular complexity index is 1680. The molecule has 4 aromatic carbocycles. The maximum Gasteiger partial charge on any atom is 0.264 e. The highest BCUT2D eigenvalue weighted by Gasteiger charge is 2.35. The first kappa shape index (κ1) is 33.7. The van der Waals surface area contributed by atoms with Gasteiger partial charge in [-0.25, -0.2) is 8.42 Å². The Morgan fingerprint density at radius 1 is 0.844 bits per heavy atom. The molecule has 2 amide bonds. The van der Waals surface area contributed by atoms with Crippen molar-refractivity contribution in [3.63, 3.8) is 0 Å². The van der Waals surface area contributed by atoms with Crippen LogP contribution >= 0.6 is 11.6 Å². The number of sulfonamides is 1. The SMILES string of the molecule is CCCCNC(=O)[C@H](Cc1ccccc1)N(Cc1ccc(C)cc1)C(=O)CN(c1cc(Cl)ccc1C)S(=O)(=O)c1ccccc1. The second kappa shape index (κ2) is 15.7. The summed E-state index contributed by atoms with van der Waals surface area (Å²) < 4.78 is 29.4. The summed E-state index contributed by atoms with van der Waals surface area (Å²) in [6.45, 7) is 5.85. The predicted octanol–water partition coefficient (Wildman–Crippen LogP) is 6.71. The minimum atomic E-state index is -4.20. The molecular formula is C36H40ClN3O4S. The second-order valence-electron chi connectivity index (χ2n) is 11.1. The van der Waals surface area contributed by atoms with Gasteiger partial charge in [0.1, 0.15) is 12.6 Å². The average Bonchev–Trinajstić information content (AvgIpc) is 3.04. The lowest BCUT2D eigenvalue weighted by Gasteiger charge is -2.34. The Hall–Kier alpha value is -4.14. The molecule has 0 unspecified atom stereocenters. The van der Waals surface area contributed by atoms with Gasteiger partial charge in [-0.15, -0.1) is 0 Å². The van der Waals surface area contributed by atoms with Crippen molar-refractivity contribution in [3.05, 3.63) is 130 Å². The van der Waals surface area contributed by atoms with Crippen molar-refractivity contribution in [2.24, 2.45) is 0 Å². The maximum absolute atomic E-state index is 14.5. The third kappa shape index (κ3) is 8.96. The van der Waals surface area contributed by atoms with Crippen LogP contribution in [0.25, 0.3) is 0 Å². The fourth-order valence-electron chi connectivity index (χ4n) is 5.03. The molecule has 0 aliphatic carbocycles. The zero-order valence-corrected chi connectivity index (χ0v) is 27.5. The zero-order valence-electron chi connectivity index (χ0n) is 25.9. The van der Waals surface area contributed by atoms with E-state index in [1.54, 1.807) is 43.3 Å². The van der Waals surface area contributed by atoms with E-state index in [1.807, 2.05) is 68.4 Å². The molecule has 0 spiro atoms. The van der Waals surface area contributed by atoms with Crippen molar-refractivity contribution < 1.29 is 18.0 Å². The average molecular weight is 646 g/mol. The van der Waals surface area contributed by atoms with Crippen LogP contribution in [-0.2, 0) is 32.6 Å². The molecule has 0 aliphatic heterocycles. The number of hydrogen-bond acceptors (Lipinski definition) is 4. The smallest absolute Gasteiger partial charge is 0.264 e. The first-order chi connectivity index (χ1) is 21.6. The number of aryl methyl sites for hydroxylation is 2. The quantitative estimate of drug-likeness (QED) is 0.155. The molecule has 9 heteroatoms. The minimum absolute atomic E-state index is 0.0420. The summed E-state index contributed by atoms with van der Waals surface area (Å²) in [6, 6.07) is 29.3. The number of hydrogen-bond donors (Lipinski definition) is 1. The number of rotatable bonds is 14. The summed E-state index contributed by atoms with van der Waals surface area (Å²) in [7, 11) is -4.20. The molecule has 0 fully saturated rings. The van der Waals surface area contributed by atoms with Gasteiger partial charge in [-0.2, -0.15) is 0 Å². The summed E-state index contributed by atoms with van der Waals surface area (Å²) in [5.74, 6) is -0.801. The van der Waals surface area contributed by atoms with Crippen molar-refractivity contribution in [3.8, 4) is 0 Å². The van der Waals surface area contributed by atoms with Crippen molar-refractivity contribution in [2.45, 2.75) is 57.5 Å². The van der Waals surface area contributed by atoms with Gasteiger partial charge < -0.3 is 10.2 Å². The van der Waals surface area contributed by atoms with E-state index in [2.05, 4.69) is 5.32 Å². The highest BCUT2D eigenvalue weighted by molar-refractivity contribution is 7.92. The van der Waals surface area contributed by atoms with E-state index in [9.17, 15) is 18.0 Å². The van der Waals surface area contributed by atoms with E-state index in [1.165, 1.54) is 17.0 Å². The van der Waals surface area contributed by atoms with Gasteiger partial charge in [0.05, 0.1) is 10.6 Å². The van der Waals surface area contributed by atoms with Gasteiger partial charge in [-0.1, -0.05) is 109 Å². The van der Waals surface area contributed by atoms with Crippen molar-refractivity contribution in [1.29, 1.82) is 0 Å². The van der Waals surface area contributed by atoms with Gasteiger partial charge in [0.25, 0.3) is 10.0 Å². The van der Waals surface area contributed by atoms with Gasteiger partial charge >= 0.3 is 0 Å². The number of nitrogens with zero attached hydrogens (tertiary/aromatic N) is 2. The summed E-state index contributed by atoms with van der Waals surface area (Å²) in [6.07, 6.45) is 1.96. The van der Waals surface area contributed by atoms with Crippen LogP contribution in [0.3, 0.4) is 0 Å². The third-order valence-electron chi connectivity index (χ3n) is 7.62. The number of halogens is 1. The molecule has 0 saturated heterocycles. The molecule has 0 saturated carbocycles. The third-order valence-corrected chi connectivity index (χ3v) is 9.63. The van der Waals surface area contributed by atoms with Gasteiger partial charge in [-0.3, -0.25) is 13.9 Å². The van der Waals surface area contributed by atoms with Crippen molar-refractivity contribution in [1.82, 2.24) is 10.2 Å². The highest BCUT2D eigenvalue weighted by atomic mass is 35.5. The molecule has 0 aromatic heterocycles. The Balaban J connectivity index is 1.81. The number of amides is 2. The molecule has 0 radical (unpaired) electrons. The van der Waals surface area contributed by atoms with Crippen LogP contribution in [0.2, 0.25) is 5.02 Å². The largest absolute Gasteiger partial charge is 0.354 e. The van der Waals surface area contributed by atoms with Crippen LogP contribution in [0.4, 0.5) is 5.69 Å². The van der Waals surface area contributed by atoms with Crippen LogP contribution in [0.1, 0.15) is 42.0 Å².